The first kappa shape index (κ1) is 14.0. The second-order valence-corrected chi connectivity index (χ2v) is 4.41. The summed E-state index contributed by atoms with van der Waals surface area (Å²) in [4.78, 5) is 15.0. The average Bonchev–Trinajstić information content (AvgIpc) is 2.86. The molecule has 0 aliphatic heterocycles. The molecule has 0 radical (unpaired) electrons. The Kier molecular flexibility index (Phi) is 3.97. The number of benzene rings is 1. The van der Waals surface area contributed by atoms with Crippen molar-refractivity contribution in [2.75, 3.05) is 0 Å². The van der Waals surface area contributed by atoms with Crippen LogP contribution in [0.1, 0.15) is 41.8 Å². The molecule has 106 valence electrons. The van der Waals surface area contributed by atoms with Crippen LogP contribution in [0.25, 0.3) is 0 Å². The summed E-state index contributed by atoms with van der Waals surface area (Å²) >= 11 is 0. The lowest BCUT2D eigenvalue weighted by Gasteiger charge is -2.07. The Morgan fingerprint density at radius 1 is 1.50 bits per heavy atom. The minimum absolute atomic E-state index is 0.0931. The van der Waals surface area contributed by atoms with Crippen molar-refractivity contribution >= 4 is 5.97 Å². The van der Waals surface area contributed by atoms with Crippen molar-refractivity contribution in [2.45, 2.75) is 26.4 Å². The number of aromatic nitrogens is 2. The molecule has 1 N–H and O–H groups in total. The van der Waals surface area contributed by atoms with Crippen molar-refractivity contribution in [2.24, 2.45) is 0 Å². The molecule has 0 aliphatic rings. The number of nitrogens with zero attached hydrogens (tertiary/aromatic N) is 2. The van der Waals surface area contributed by atoms with E-state index in [1.165, 1.54) is 12.1 Å². The highest BCUT2D eigenvalue weighted by molar-refractivity contribution is 5.90. The smallest absolute Gasteiger partial charge is 0.339 e. The highest BCUT2D eigenvalue weighted by Crippen LogP contribution is 2.23. The van der Waals surface area contributed by atoms with Crippen molar-refractivity contribution in [3.8, 4) is 5.75 Å². The lowest BCUT2D eigenvalue weighted by molar-refractivity contribution is 0.0689. The normalized spacial score (nSPS) is 10.8. The van der Waals surface area contributed by atoms with Gasteiger partial charge in [-0.15, -0.1) is 0 Å². The summed E-state index contributed by atoms with van der Waals surface area (Å²) in [5.74, 6) is -1.61. The summed E-state index contributed by atoms with van der Waals surface area (Å²) in [6.07, 6.45) is 0. The van der Waals surface area contributed by atoms with Crippen molar-refractivity contribution in [3.63, 3.8) is 0 Å². The number of hydrogen-bond acceptors (Lipinski definition) is 5. The number of carboxylic acid groups (broad SMARTS) is 1. The van der Waals surface area contributed by atoms with Crippen molar-refractivity contribution < 1.29 is 23.6 Å². The van der Waals surface area contributed by atoms with Gasteiger partial charge < -0.3 is 14.4 Å². The summed E-state index contributed by atoms with van der Waals surface area (Å²) in [6.45, 7) is 3.60. The van der Waals surface area contributed by atoms with Crippen LogP contribution >= 0.6 is 0 Å². The number of para-hydroxylation sites is 1. The number of carbonyl (C=O) groups is 1. The van der Waals surface area contributed by atoms with Gasteiger partial charge in [-0.05, 0) is 12.1 Å². The number of hydrogen-bond donors (Lipinski definition) is 1. The van der Waals surface area contributed by atoms with E-state index in [9.17, 15) is 9.18 Å². The van der Waals surface area contributed by atoms with Crippen LogP contribution in [-0.2, 0) is 6.61 Å². The van der Waals surface area contributed by atoms with Crippen LogP contribution in [0.4, 0.5) is 4.39 Å². The van der Waals surface area contributed by atoms with E-state index < -0.39 is 11.8 Å². The molecule has 1 aromatic carbocycles. The molecule has 0 atom stereocenters. The van der Waals surface area contributed by atoms with E-state index in [1.807, 2.05) is 13.8 Å². The highest BCUT2D eigenvalue weighted by atomic mass is 19.1. The second kappa shape index (κ2) is 5.68. The first-order valence-electron chi connectivity index (χ1n) is 5.96. The fourth-order valence-corrected chi connectivity index (χ4v) is 1.52. The van der Waals surface area contributed by atoms with Gasteiger partial charge in [-0.1, -0.05) is 25.1 Å². The zero-order valence-electron chi connectivity index (χ0n) is 11.0. The van der Waals surface area contributed by atoms with Crippen LogP contribution in [0.2, 0.25) is 0 Å². The number of aromatic carboxylic acids is 1. The zero-order chi connectivity index (χ0) is 14.7. The third kappa shape index (κ3) is 2.93. The summed E-state index contributed by atoms with van der Waals surface area (Å²) in [6, 6.07) is 3.68. The Balaban J connectivity index is 2.16. The molecule has 6 nitrogen and oxygen atoms in total. The van der Waals surface area contributed by atoms with Crippen molar-refractivity contribution in [1.82, 2.24) is 10.1 Å². The summed E-state index contributed by atoms with van der Waals surface area (Å²) < 4.78 is 23.7. The molecular weight excluding hydrogens is 267 g/mol. The average molecular weight is 280 g/mol. The van der Waals surface area contributed by atoms with E-state index in [0.29, 0.717) is 5.82 Å². The number of rotatable bonds is 5. The Morgan fingerprint density at radius 3 is 2.85 bits per heavy atom. The van der Waals surface area contributed by atoms with Gasteiger partial charge in [0.15, 0.2) is 24.0 Å². The molecule has 7 heteroatoms. The maximum atomic E-state index is 13.6. The molecule has 0 bridgehead atoms. The van der Waals surface area contributed by atoms with Crippen LogP contribution in [0.15, 0.2) is 22.7 Å². The number of halogens is 1. The molecular formula is C13H13FN2O4. The zero-order valence-corrected chi connectivity index (χ0v) is 11.0. The van der Waals surface area contributed by atoms with Crippen molar-refractivity contribution in [1.29, 1.82) is 0 Å². The monoisotopic (exact) mass is 280 g/mol. The van der Waals surface area contributed by atoms with Crippen molar-refractivity contribution in [3.05, 3.63) is 41.3 Å². The van der Waals surface area contributed by atoms with E-state index in [-0.39, 0.29) is 29.7 Å². The van der Waals surface area contributed by atoms with Crippen LogP contribution in [0.3, 0.4) is 0 Å². The van der Waals surface area contributed by atoms with E-state index in [0.717, 1.165) is 6.07 Å². The third-order valence-corrected chi connectivity index (χ3v) is 2.54. The van der Waals surface area contributed by atoms with E-state index >= 15 is 0 Å². The van der Waals surface area contributed by atoms with Crippen LogP contribution in [0.5, 0.6) is 5.75 Å². The first-order valence-corrected chi connectivity index (χ1v) is 5.96. The van der Waals surface area contributed by atoms with Gasteiger partial charge in [-0.2, -0.15) is 4.98 Å². The lowest BCUT2D eigenvalue weighted by atomic mass is 10.2. The van der Waals surface area contributed by atoms with Gasteiger partial charge in [-0.3, -0.25) is 0 Å². The SMILES string of the molecule is CC(C)c1noc(COc2c(F)cccc2C(=O)O)n1. The van der Waals surface area contributed by atoms with Crippen LogP contribution < -0.4 is 4.74 Å². The molecule has 0 spiro atoms. The van der Waals surface area contributed by atoms with Gasteiger partial charge >= 0.3 is 5.97 Å². The minimum atomic E-state index is -1.27. The topological polar surface area (TPSA) is 85.5 Å². The lowest BCUT2D eigenvalue weighted by Crippen LogP contribution is -2.05. The molecule has 1 aromatic heterocycles. The molecule has 0 saturated heterocycles. The largest absolute Gasteiger partial charge is 0.480 e. The molecule has 2 rings (SSSR count). The van der Waals surface area contributed by atoms with E-state index in [4.69, 9.17) is 14.4 Å². The maximum Gasteiger partial charge on any atom is 0.339 e. The first-order chi connectivity index (χ1) is 9.49. The number of ether oxygens (including phenoxy) is 1. The fourth-order valence-electron chi connectivity index (χ4n) is 1.52. The standard InChI is InChI=1S/C13H13FN2O4/c1-7(2)12-15-10(20-16-12)6-19-11-8(13(17)18)4-3-5-9(11)14/h3-5,7H,6H2,1-2H3,(H,17,18). The van der Waals surface area contributed by atoms with Gasteiger partial charge in [0.1, 0.15) is 5.56 Å². The Morgan fingerprint density at radius 2 is 2.25 bits per heavy atom. The Hall–Kier alpha value is -2.44. The number of carboxylic acids is 1. The van der Waals surface area contributed by atoms with Gasteiger partial charge in [0.2, 0.25) is 0 Å². The molecule has 0 amide bonds. The maximum absolute atomic E-state index is 13.6. The summed E-state index contributed by atoms with van der Waals surface area (Å²) in [5.41, 5.74) is -0.256. The summed E-state index contributed by atoms with van der Waals surface area (Å²) in [7, 11) is 0. The predicted octanol–water partition coefficient (Wildman–Crippen LogP) is 2.61. The highest BCUT2D eigenvalue weighted by Gasteiger charge is 2.17. The molecule has 20 heavy (non-hydrogen) atoms. The van der Waals surface area contributed by atoms with Gasteiger partial charge in [0, 0.05) is 5.92 Å². The van der Waals surface area contributed by atoms with E-state index in [2.05, 4.69) is 10.1 Å². The third-order valence-electron chi connectivity index (χ3n) is 2.54. The molecule has 0 fully saturated rings. The Bertz CT molecular complexity index is 625. The van der Waals surface area contributed by atoms with Crippen LogP contribution in [0, 0.1) is 5.82 Å². The van der Waals surface area contributed by atoms with Crippen LogP contribution in [-0.4, -0.2) is 21.2 Å². The minimum Gasteiger partial charge on any atom is -0.480 e. The van der Waals surface area contributed by atoms with E-state index in [1.54, 1.807) is 0 Å². The molecule has 0 aliphatic carbocycles. The quantitative estimate of drug-likeness (QED) is 0.906. The predicted molar refractivity (Wildman–Crippen MR) is 66.1 cm³/mol. The molecule has 2 aromatic rings. The summed E-state index contributed by atoms with van der Waals surface area (Å²) in [5, 5.41) is 12.7. The van der Waals surface area contributed by atoms with Gasteiger partial charge in [0.05, 0.1) is 0 Å². The van der Waals surface area contributed by atoms with Gasteiger partial charge in [-0.25, -0.2) is 9.18 Å². The molecule has 1 heterocycles. The molecule has 0 saturated carbocycles. The Labute approximate surface area is 114 Å². The second-order valence-electron chi connectivity index (χ2n) is 4.41. The van der Waals surface area contributed by atoms with Gasteiger partial charge in [0.25, 0.3) is 5.89 Å². The fraction of sp³-hybridized carbons (Fsp3) is 0.308. The molecule has 0 unspecified atom stereocenters.